The Kier molecular flexibility index (Phi) is 6.61. The number of hydrogen-bond donors (Lipinski definition) is 0. The quantitative estimate of drug-likeness (QED) is 0.698. The van der Waals surface area contributed by atoms with Crippen LogP contribution in [0.25, 0.3) is 0 Å². The topological polar surface area (TPSA) is 57.5 Å². The number of carbonyl (C=O) groups excluding carboxylic acids is 1. The van der Waals surface area contributed by atoms with Crippen molar-refractivity contribution in [3.05, 3.63) is 64.1 Å². The molecule has 2 aromatic rings. The highest BCUT2D eigenvalue weighted by Gasteiger charge is 2.09. The number of aromatic nitrogens is 1. The highest BCUT2D eigenvalue weighted by molar-refractivity contribution is 5.89. The van der Waals surface area contributed by atoms with Crippen LogP contribution < -0.4 is 10.3 Å². The van der Waals surface area contributed by atoms with Gasteiger partial charge in [0.05, 0.1) is 25.3 Å². The predicted molar refractivity (Wildman–Crippen MR) is 92.6 cm³/mol. The number of ether oxygens (including phenoxy) is 2. The average molecular weight is 329 g/mol. The zero-order chi connectivity index (χ0) is 17.4. The summed E-state index contributed by atoms with van der Waals surface area (Å²) < 4.78 is 12.2. The molecule has 0 spiro atoms. The van der Waals surface area contributed by atoms with Crippen LogP contribution in [0.4, 0.5) is 0 Å². The second-order valence-electron chi connectivity index (χ2n) is 5.49. The van der Waals surface area contributed by atoms with E-state index in [1.165, 1.54) is 0 Å². The summed E-state index contributed by atoms with van der Waals surface area (Å²) >= 11 is 0. The summed E-state index contributed by atoms with van der Waals surface area (Å²) in [6.07, 6.45) is 3.34. The third kappa shape index (κ3) is 4.72. The van der Waals surface area contributed by atoms with Crippen LogP contribution in [0.1, 0.15) is 42.6 Å². The molecule has 0 radical (unpaired) electrons. The maximum absolute atomic E-state index is 12.4. The van der Waals surface area contributed by atoms with Gasteiger partial charge in [0.25, 0.3) is 5.56 Å². The second-order valence-corrected chi connectivity index (χ2v) is 5.49. The van der Waals surface area contributed by atoms with Crippen molar-refractivity contribution < 1.29 is 14.3 Å². The lowest BCUT2D eigenvalue weighted by Crippen LogP contribution is -2.22. The molecule has 0 saturated carbocycles. The first kappa shape index (κ1) is 17.8. The average Bonchev–Trinajstić information content (AvgIpc) is 2.60. The van der Waals surface area contributed by atoms with Gasteiger partial charge >= 0.3 is 5.97 Å². The number of carbonyl (C=O) groups is 1. The minimum absolute atomic E-state index is 0.176. The SMILES string of the molecule is CCCOC(=O)c1cccc(Cn2cccc(OCCC)c2=O)c1. The molecule has 128 valence electrons. The van der Waals surface area contributed by atoms with Crippen molar-refractivity contribution in [2.24, 2.45) is 0 Å². The standard InChI is InChI=1S/C19H23NO4/c1-3-11-23-17-9-6-10-20(18(17)21)14-15-7-5-8-16(13-15)19(22)24-12-4-2/h5-10,13H,3-4,11-12,14H2,1-2H3. The van der Waals surface area contributed by atoms with Crippen molar-refractivity contribution in [1.29, 1.82) is 0 Å². The van der Waals surface area contributed by atoms with Gasteiger partial charge < -0.3 is 14.0 Å². The first-order valence-electron chi connectivity index (χ1n) is 8.24. The zero-order valence-corrected chi connectivity index (χ0v) is 14.2. The fourth-order valence-corrected chi connectivity index (χ4v) is 2.23. The molecule has 0 aliphatic rings. The van der Waals surface area contributed by atoms with Crippen molar-refractivity contribution in [2.45, 2.75) is 33.2 Å². The molecular weight excluding hydrogens is 306 g/mol. The fraction of sp³-hybridized carbons (Fsp3) is 0.368. The molecule has 0 aliphatic heterocycles. The van der Waals surface area contributed by atoms with E-state index in [1.54, 1.807) is 41.1 Å². The largest absolute Gasteiger partial charge is 0.488 e. The van der Waals surface area contributed by atoms with Gasteiger partial charge in [-0.3, -0.25) is 4.79 Å². The van der Waals surface area contributed by atoms with Gasteiger partial charge in [-0.2, -0.15) is 0 Å². The number of benzene rings is 1. The van der Waals surface area contributed by atoms with E-state index in [1.807, 2.05) is 19.9 Å². The molecule has 1 aromatic heterocycles. The van der Waals surface area contributed by atoms with Crippen LogP contribution in [-0.4, -0.2) is 23.8 Å². The van der Waals surface area contributed by atoms with Gasteiger partial charge in [0, 0.05) is 6.20 Å². The number of pyridine rings is 1. The Hall–Kier alpha value is -2.56. The molecule has 0 fully saturated rings. The molecule has 0 atom stereocenters. The number of rotatable bonds is 8. The fourth-order valence-electron chi connectivity index (χ4n) is 2.23. The van der Waals surface area contributed by atoms with Crippen molar-refractivity contribution in [3.63, 3.8) is 0 Å². The molecule has 0 saturated heterocycles. The first-order valence-corrected chi connectivity index (χ1v) is 8.24. The minimum atomic E-state index is -0.342. The molecule has 2 rings (SSSR count). The Balaban J connectivity index is 2.17. The van der Waals surface area contributed by atoms with Crippen LogP contribution in [0.15, 0.2) is 47.4 Å². The van der Waals surface area contributed by atoms with Crippen LogP contribution in [0, 0.1) is 0 Å². The Morgan fingerprint density at radius 1 is 1.08 bits per heavy atom. The number of nitrogens with zero attached hydrogens (tertiary/aromatic N) is 1. The van der Waals surface area contributed by atoms with Crippen molar-refractivity contribution in [2.75, 3.05) is 13.2 Å². The van der Waals surface area contributed by atoms with Crippen LogP contribution in [0.2, 0.25) is 0 Å². The summed E-state index contributed by atoms with van der Waals surface area (Å²) in [6.45, 7) is 5.22. The van der Waals surface area contributed by atoms with Crippen molar-refractivity contribution in [1.82, 2.24) is 4.57 Å². The second kappa shape index (κ2) is 8.91. The summed E-state index contributed by atoms with van der Waals surface area (Å²) in [5.41, 5.74) is 1.17. The van der Waals surface area contributed by atoms with Gasteiger partial charge in [-0.15, -0.1) is 0 Å². The van der Waals surface area contributed by atoms with Crippen LogP contribution in [-0.2, 0) is 11.3 Å². The van der Waals surface area contributed by atoms with E-state index in [0.717, 1.165) is 18.4 Å². The summed E-state index contributed by atoms with van der Waals surface area (Å²) in [5.74, 6) is 0.00365. The monoisotopic (exact) mass is 329 g/mol. The zero-order valence-electron chi connectivity index (χ0n) is 14.2. The van der Waals surface area contributed by atoms with Gasteiger partial charge in [0.15, 0.2) is 5.75 Å². The van der Waals surface area contributed by atoms with Gasteiger partial charge in [0.1, 0.15) is 0 Å². The molecule has 1 aromatic carbocycles. The van der Waals surface area contributed by atoms with E-state index in [-0.39, 0.29) is 11.5 Å². The van der Waals surface area contributed by atoms with Gasteiger partial charge in [0.2, 0.25) is 0 Å². The van der Waals surface area contributed by atoms with E-state index in [0.29, 0.717) is 31.1 Å². The maximum Gasteiger partial charge on any atom is 0.338 e. The lowest BCUT2D eigenvalue weighted by Gasteiger charge is -2.10. The maximum atomic E-state index is 12.4. The lowest BCUT2D eigenvalue weighted by atomic mass is 10.1. The molecule has 5 heteroatoms. The third-order valence-corrected chi connectivity index (χ3v) is 3.40. The molecule has 0 bridgehead atoms. The van der Waals surface area contributed by atoms with Gasteiger partial charge in [-0.05, 0) is 42.7 Å². The van der Waals surface area contributed by atoms with E-state index in [2.05, 4.69) is 0 Å². The van der Waals surface area contributed by atoms with Gasteiger partial charge in [-0.1, -0.05) is 26.0 Å². The molecular formula is C19H23NO4. The predicted octanol–water partition coefficient (Wildman–Crippen LogP) is 3.25. The molecule has 0 aliphatic carbocycles. The number of hydrogen-bond acceptors (Lipinski definition) is 4. The summed E-state index contributed by atoms with van der Waals surface area (Å²) in [7, 11) is 0. The summed E-state index contributed by atoms with van der Waals surface area (Å²) in [4.78, 5) is 24.3. The molecule has 5 nitrogen and oxygen atoms in total. The van der Waals surface area contributed by atoms with Crippen molar-refractivity contribution >= 4 is 5.97 Å². The van der Waals surface area contributed by atoms with E-state index in [4.69, 9.17) is 9.47 Å². The van der Waals surface area contributed by atoms with Crippen molar-refractivity contribution in [3.8, 4) is 5.75 Å². The highest BCUT2D eigenvalue weighted by Crippen LogP contribution is 2.10. The number of esters is 1. The molecule has 0 unspecified atom stereocenters. The lowest BCUT2D eigenvalue weighted by molar-refractivity contribution is 0.0505. The summed E-state index contributed by atoms with van der Waals surface area (Å²) in [5, 5.41) is 0. The van der Waals surface area contributed by atoms with Crippen LogP contribution in [0.3, 0.4) is 0 Å². The van der Waals surface area contributed by atoms with Crippen LogP contribution >= 0.6 is 0 Å². The molecule has 1 heterocycles. The first-order chi connectivity index (χ1) is 11.7. The smallest absolute Gasteiger partial charge is 0.338 e. The summed E-state index contributed by atoms with van der Waals surface area (Å²) in [6, 6.07) is 10.6. The third-order valence-electron chi connectivity index (χ3n) is 3.40. The Morgan fingerprint density at radius 3 is 2.62 bits per heavy atom. The molecule has 0 N–H and O–H groups in total. The molecule has 24 heavy (non-hydrogen) atoms. The Bertz CT molecular complexity index is 736. The highest BCUT2D eigenvalue weighted by atomic mass is 16.5. The normalized spacial score (nSPS) is 10.4. The van der Waals surface area contributed by atoms with Gasteiger partial charge in [-0.25, -0.2) is 4.79 Å². The minimum Gasteiger partial charge on any atom is -0.488 e. The van der Waals surface area contributed by atoms with Crippen LogP contribution in [0.5, 0.6) is 5.75 Å². The van der Waals surface area contributed by atoms with E-state index < -0.39 is 0 Å². The Labute approximate surface area is 141 Å². The van der Waals surface area contributed by atoms with E-state index >= 15 is 0 Å². The Morgan fingerprint density at radius 2 is 1.88 bits per heavy atom. The molecule has 0 amide bonds. The van der Waals surface area contributed by atoms with E-state index in [9.17, 15) is 9.59 Å².